The first-order valence-corrected chi connectivity index (χ1v) is 8.37. The molecule has 1 N–H and O–H groups in total. The SMILES string of the molecule is CCCC1CCN(Cc2ccc(CNC3CC3)o2)CC1. The molecule has 0 atom stereocenters. The van der Waals surface area contributed by atoms with E-state index < -0.39 is 0 Å². The average Bonchev–Trinajstić information content (AvgIpc) is 3.19. The van der Waals surface area contributed by atoms with Crippen molar-refractivity contribution in [2.24, 2.45) is 5.92 Å². The quantitative estimate of drug-likeness (QED) is 0.825. The number of hydrogen-bond acceptors (Lipinski definition) is 3. The number of likely N-dealkylation sites (tertiary alicyclic amines) is 1. The molecule has 1 saturated carbocycles. The fourth-order valence-corrected chi connectivity index (χ4v) is 3.20. The summed E-state index contributed by atoms with van der Waals surface area (Å²) in [6.07, 6.45) is 8.14. The van der Waals surface area contributed by atoms with Gasteiger partial charge in [-0.3, -0.25) is 4.90 Å². The molecule has 2 heterocycles. The van der Waals surface area contributed by atoms with Gasteiger partial charge in [-0.2, -0.15) is 0 Å². The smallest absolute Gasteiger partial charge is 0.118 e. The van der Waals surface area contributed by atoms with E-state index in [0.717, 1.165) is 36.6 Å². The molecular weight excluding hydrogens is 248 g/mol. The van der Waals surface area contributed by atoms with E-state index in [2.05, 4.69) is 29.3 Å². The monoisotopic (exact) mass is 276 g/mol. The molecule has 0 aromatic carbocycles. The van der Waals surface area contributed by atoms with Gasteiger partial charge in [0.1, 0.15) is 11.5 Å². The zero-order valence-corrected chi connectivity index (χ0v) is 12.7. The third kappa shape index (κ3) is 4.10. The zero-order chi connectivity index (χ0) is 13.8. The lowest BCUT2D eigenvalue weighted by Gasteiger charge is -2.31. The maximum Gasteiger partial charge on any atom is 0.118 e. The normalized spacial score (nSPS) is 21.4. The van der Waals surface area contributed by atoms with Crippen molar-refractivity contribution in [3.63, 3.8) is 0 Å². The van der Waals surface area contributed by atoms with Gasteiger partial charge in [0.05, 0.1) is 13.1 Å². The van der Waals surface area contributed by atoms with Crippen molar-refractivity contribution in [1.82, 2.24) is 10.2 Å². The molecule has 0 spiro atoms. The molecule has 0 radical (unpaired) electrons. The highest BCUT2D eigenvalue weighted by Crippen LogP contribution is 2.23. The molecule has 2 aliphatic rings. The average molecular weight is 276 g/mol. The Morgan fingerprint density at radius 2 is 1.90 bits per heavy atom. The van der Waals surface area contributed by atoms with Crippen molar-refractivity contribution in [2.75, 3.05) is 13.1 Å². The van der Waals surface area contributed by atoms with Gasteiger partial charge in [0, 0.05) is 6.04 Å². The van der Waals surface area contributed by atoms with Gasteiger partial charge in [-0.1, -0.05) is 19.8 Å². The molecule has 1 aromatic heterocycles. The van der Waals surface area contributed by atoms with Gasteiger partial charge in [-0.05, 0) is 56.8 Å². The van der Waals surface area contributed by atoms with Crippen molar-refractivity contribution in [1.29, 1.82) is 0 Å². The molecule has 20 heavy (non-hydrogen) atoms. The first-order chi connectivity index (χ1) is 9.83. The van der Waals surface area contributed by atoms with Crippen LogP contribution in [0.5, 0.6) is 0 Å². The minimum absolute atomic E-state index is 0.751. The number of furan rings is 1. The van der Waals surface area contributed by atoms with Crippen LogP contribution in [0.4, 0.5) is 0 Å². The van der Waals surface area contributed by atoms with Gasteiger partial charge < -0.3 is 9.73 Å². The molecule has 1 aliphatic heterocycles. The predicted molar refractivity (Wildman–Crippen MR) is 81.5 cm³/mol. The molecule has 0 amide bonds. The van der Waals surface area contributed by atoms with Crippen LogP contribution < -0.4 is 5.32 Å². The fraction of sp³-hybridized carbons (Fsp3) is 0.765. The highest BCUT2D eigenvalue weighted by molar-refractivity contribution is 5.07. The lowest BCUT2D eigenvalue weighted by atomic mass is 9.92. The standard InChI is InChI=1S/C17H28N2O/c1-2-3-14-8-10-19(11-9-14)13-17-7-6-16(20-17)12-18-15-4-5-15/h6-7,14-15,18H,2-5,8-13H2,1H3. The highest BCUT2D eigenvalue weighted by atomic mass is 16.3. The lowest BCUT2D eigenvalue weighted by Crippen LogP contribution is -2.33. The number of piperidine rings is 1. The van der Waals surface area contributed by atoms with Crippen LogP contribution in [0.3, 0.4) is 0 Å². The second-order valence-corrected chi connectivity index (χ2v) is 6.53. The molecule has 3 heteroatoms. The Kier molecular flexibility index (Phi) is 4.79. The van der Waals surface area contributed by atoms with E-state index in [4.69, 9.17) is 4.42 Å². The first kappa shape index (κ1) is 14.2. The van der Waals surface area contributed by atoms with Crippen LogP contribution in [-0.4, -0.2) is 24.0 Å². The number of nitrogens with zero attached hydrogens (tertiary/aromatic N) is 1. The Labute approximate surface area is 122 Å². The Morgan fingerprint density at radius 1 is 1.15 bits per heavy atom. The first-order valence-electron chi connectivity index (χ1n) is 8.37. The molecule has 1 aliphatic carbocycles. The van der Waals surface area contributed by atoms with E-state index in [9.17, 15) is 0 Å². The van der Waals surface area contributed by atoms with Crippen LogP contribution in [-0.2, 0) is 13.1 Å². The van der Waals surface area contributed by atoms with Gasteiger partial charge in [-0.25, -0.2) is 0 Å². The summed E-state index contributed by atoms with van der Waals surface area (Å²) in [5, 5.41) is 3.50. The van der Waals surface area contributed by atoms with E-state index in [0.29, 0.717) is 0 Å². The second-order valence-electron chi connectivity index (χ2n) is 6.53. The van der Waals surface area contributed by atoms with Crippen LogP contribution in [0.25, 0.3) is 0 Å². The second kappa shape index (κ2) is 6.77. The predicted octanol–water partition coefficient (Wildman–Crippen LogP) is 3.54. The zero-order valence-electron chi connectivity index (χ0n) is 12.7. The highest BCUT2D eigenvalue weighted by Gasteiger charge is 2.21. The van der Waals surface area contributed by atoms with E-state index in [1.807, 2.05) is 0 Å². The third-order valence-corrected chi connectivity index (χ3v) is 4.64. The van der Waals surface area contributed by atoms with Gasteiger partial charge in [0.25, 0.3) is 0 Å². The fourth-order valence-electron chi connectivity index (χ4n) is 3.20. The van der Waals surface area contributed by atoms with Crippen molar-refractivity contribution >= 4 is 0 Å². The molecule has 1 saturated heterocycles. The van der Waals surface area contributed by atoms with Crippen LogP contribution in [0.1, 0.15) is 57.0 Å². The minimum atomic E-state index is 0.751. The topological polar surface area (TPSA) is 28.4 Å². The number of nitrogens with one attached hydrogen (secondary N) is 1. The lowest BCUT2D eigenvalue weighted by molar-refractivity contribution is 0.160. The maximum atomic E-state index is 5.93. The van der Waals surface area contributed by atoms with Crippen LogP contribution >= 0.6 is 0 Å². The summed E-state index contributed by atoms with van der Waals surface area (Å²) in [4.78, 5) is 2.54. The van der Waals surface area contributed by atoms with Crippen LogP contribution in [0.2, 0.25) is 0 Å². The third-order valence-electron chi connectivity index (χ3n) is 4.64. The summed E-state index contributed by atoms with van der Waals surface area (Å²) in [6.45, 7) is 6.65. The van der Waals surface area contributed by atoms with Crippen molar-refractivity contribution < 1.29 is 4.42 Å². The molecule has 112 valence electrons. The Balaban J connectivity index is 1.41. The number of hydrogen-bond donors (Lipinski definition) is 1. The molecule has 1 aromatic rings. The van der Waals surface area contributed by atoms with Gasteiger partial charge in [-0.15, -0.1) is 0 Å². The Bertz CT molecular complexity index is 403. The van der Waals surface area contributed by atoms with E-state index in [1.54, 1.807) is 0 Å². The molecule has 0 bridgehead atoms. The van der Waals surface area contributed by atoms with Gasteiger partial charge in [0.15, 0.2) is 0 Å². The van der Waals surface area contributed by atoms with E-state index in [1.165, 1.54) is 51.6 Å². The molecule has 3 nitrogen and oxygen atoms in total. The van der Waals surface area contributed by atoms with E-state index >= 15 is 0 Å². The molecular formula is C17H28N2O. The Morgan fingerprint density at radius 3 is 2.60 bits per heavy atom. The van der Waals surface area contributed by atoms with Crippen molar-refractivity contribution in [3.8, 4) is 0 Å². The summed E-state index contributed by atoms with van der Waals surface area (Å²) in [6, 6.07) is 5.04. The van der Waals surface area contributed by atoms with Crippen LogP contribution in [0.15, 0.2) is 16.5 Å². The molecule has 0 unspecified atom stereocenters. The molecule has 2 fully saturated rings. The Hall–Kier alpha value is -0.800. The van der Waals surface area contributed by atoms with E-state index in [-0.39, 0.29) is 0 Å². The summed E-state index contributed by atoms with van der Waals surface area (Å²) in [5.41, 5.74) is 0. The largest absolute Gasteiger partial charge is 0.463 e. The minimum Gasteiger partial charge on any atom is -0.463 e. The summed E-state index contributed by atoms with van der Waals surface area (Å²) >= 11 is 0. The maximum absolute atomic E-state index is 5.93. The van der Waals surface area contributed by atoms with Gasteiger partial charge >= 0.3 is 0 Å². The van der Waals surface area contributed by atoms with Gasteiger partial charge in [0.2, 0.25) is 0 Å². The summed E-state index contributed by atoms with van der Waals surface area (Å²) in [7, 11) is 0. The van der Waals surface area contributed by atoms with Crippen molar-refractivity contribution in [3.05, 3.63) is 23.7 Å². The number of rotatable bonds is 7. The van der Waals surface area contributed by atoms with Crippen LogP contribution in [0, 0.1) is 5.92 Å². The summed E-state index contributed by atoms with van der Waals surface area (Å²) < 4.78 is 5.93. The summed E-state index contributed by atoms with van der Waals surface area (Å²) in [5.74, 6) is 3.19. The van der Waals surface area contributed by atoms with Crippen molar-refractivity contribution in [2.45, 2.75) is 64.6 Å². The molecule has 3 rings (SSSR count).